The molecule has 0 bridgehead atoms. The lowest BCUT2D eigenvalue weighted by Gasteiger charge is -2.33. The molecule has 0 aromatic heterocycles. The van der Waals surface area contributed by atoms with Crippen molar-refractivity contribution in [2.75, 3.05) is 45.8 Å². The number of piperazine rings is 1. The minimum atomic E-state index is -3.45. The molecule has 2 N–H and O–H groups in total. The molecule has 0 radical (unpaired) electrons. The van der Waals surface area contributed by atoms with Gasteiger partial charge in [-0.2, -0.15) is 4.31 Å². The van der Waals surface area contributed by atoms with E-state index in [-0.39, 0.29) is 5.91 Å². The number of hydrogen-bond donors (Lipinski definition) is 2. The lowest BCUT2D eigenvalue weighted by molar-refractivity contribution is -0.122. The van der Waals surface area contributed by atoms with E-state index in [1.807, 2.05) is 24.0 Å². The van der Waals surface area contributed by atoms with Gasteiger partial charge < -0.3 is 10.6 Å². The van der Waals surface area contributed by atoms with E-state index in [1.165, 1.54) is 4.31 Å². The summed E-state index contributed by atoms with van der Waals surface area (Å²) >= 11 is 0. The molecule has 1 aromatic rings. The van der Waals surface area contributed by atoms with Gasteiger partial charge >= 0.3 is 0 Å². The molecule has 1 aromatic carbocycles. The highest BCUT2D eigenvalue weighted by Gasteiger charge is 2.29. The van der Waals surface area contributed by atoms with Crippen molar-refractivity contribution in [1.82, 2.24) is 19.8 Å². The van der Waals surface area contributed by atoms with Crippen LogP contribution in [0, 0.1) is 6.92 Å². The van der Waals surface area contributed by atoms with Gasteiger partial charge in [0.15, 0.2) is 0 Å². The van der Waals surface area contributed by atoms with Crippen molar-refractivity contribution in [2.45, 2.75) is 30.7 Å². The van der Waals surface area contributed by atoms with E-state index >= 15 is 0 Å². The van der Waals surface area contributed by atoms with E-state index in [9.17, 15) is 13.2 Å². The zero-order valence-electron chi connectivity index (χ0n) is 15.3. The first-order chi connectivity index (χ1) is 12.4. The minimum Gasteiger partial charge on any atom is -0.353 e. The van der Waals surface area contributed by atoms with Crippen molar-refractivity contribution in [2.24, 2.45) is 0 Å². The van der Waals surface area contributed by atoms with E-state index in [0.717, 1.165) is 24.9 Å². The molecular formula is C18H28N4O3S. The first-order valence-electron chi connectivity index (χ1n) is 9.24. The van der Waals surface area contributed by atoms with Gasteiger partial charge in [0.2, 0.25) is 15.9 Å². The second kappa shape index (κ2) is 8.47. The zero-order chi connectivity index (χ0) is 18.6. The van der Waals surface area contributed by atoms with Crippen molar-refractivity contribution in [3.8, 4) is 0 Å². The Kier molecular flexibility index (Phi) is 6.29. The fraction of sp³-hybridized carbons (Fsp3) is 0.611. The average molecular weight is 381 g/mol. The largest absolute Gasteiger partial charge is 0.353 e. The summed E-state index contributed by atoms with van der Waals surface area (Å²) in [5, 5.41) is 6.32. The Bertz CT molecular complexity index is 706. The van der Waals surface area contributed by atoms with Crippen molar-refractivity contribution >= 4 is 15.9 Å². The predicted octanol–water partition coefficient (Wildman–Crippen LogP) is 0.170. The van der Waals surface area contributed by atoms with Crippen molar-refractivity contribution in [1.29, 1.82) is 0 Å². The van der Waals surface area contributed by atoms with E-state index < -0.39 is 10.0 Å². The van der Waals surface area contributed by atoms with Crippen LogP contribution in [0.5, 0.6) is 0 Å². The molecule has 2 fully saturated rings. The summed E-state index contributed by atoms with van der Waals surface area (Å²) in [6, 6.07) is 7.32. The van der Waals surface area contributed by atoms with Crippen LogP contribution in [-0.2, 0) is 14.8 Å². The van der Waals surface area contributed by atoms with Crippen molar-refractivity contribution in [3.05, 3.63) is 29.8 Å². The molecule has 2 heterocycles. The normalized spacial score (nSPS) is 22.4. The number of aryl methyl sites for hydroxylation is 1. The Morgan fingerprint density at radius 3 is 2.50 bits per heavy atom. The summed E-state index contributed by atoms with van der Waals surface area (Å²) in [6.07, 6.45) is 2.27. The topological polar surface area (TPSA) is 81.8 Å². The molecule has 1 atom stereocenters. The molecule has 26 heavy (non-hydrogen) atoms. The zero-order valence-corrected chi connectivity index (χ0v) is 16.1. The van der Waals surface area contributed by atoms with Gasteiger partial charge in [-0.25, -0.2) is 8.42 Å². The summed E-state index contributed by atoms with van der Waals surface area (Å²) in [5.41, 5.74) is 1.03. The Morgan fingerprint density at radius 1 is 1.19 bits per heavy atom. The molecule has 3 rings (SSSR count). The molecule has 1 unspecified atom stereocenters. The van der Waals surface area contributed by atoms with Gasteiger partial charge in [-0.1, -0.05) is 17.7 Å². The van der Waals surface area contributed by atoms with Crippen LogP contribution >= 0.6 is 0 Å². The van der Waals surface area contributed by atoms with E-state index in [0.29, 0.717) is 50.2 Å². The smallest absolute Gasteiger partial charge is 0.243 e. The third kappa shape index (κ3) is 4.82. The molecule has 2 aliphatic rings. The molecule has 1 amide bonds. The number of sulfonamides is 1. The Hall–Kier alpha value is -1.48. The van der Waals surface area contributed by atoms with Crippen LogP contribution < -0.4 is 10.6 Å². The minimum absolute atomic E-state index is 0.00791. The SMILES string of the molecule is Cc1ccc(S(=O)(=O)N2CCN(CC(=O)NCC3CCCN3)CC2)cc1. The fourth-order valence-electron chi connectivity index (χ4n) is 3.41. The average Bonchev–Trinajstić information content (AvgIpc) is 3.14. The fourth-order valence-corrected chi connectivity index (χ4v) is 4.84. The van der Waals surface area contributed by atoms with E-state index in [4.69, 9.17) is 0 Å². The summed E-state index contributed by atoms with van der Waals surface area (Å²) in [7, 11) is -3.45. The molecular weight excluding hydrogens is 352 g/mol. The maximum atomic E-state index is 12.7. The molecule has 0 spiro atoms. The second-order valence-corrected chi connectivity index (χ2v) is 9.03. The number of carbonyl (C=O) groups excluding carboxylic acids is 1. The molecule has 0 saturated carbocycles. The van der Waals surface area contributed by atoms with Crippen LogP contribution in [0.4, 0.5) is 0 Å². The number of nitrogens with one attached hydrogen (secondary N) is 2. The van der Waals surface area contributed by atoms with Crippen molar-refractivity contribution < 1.29 is 13.2 Å². The first kappa shape index (κ1) is 19.3. The van der Waals surface area contributed by atoms with Gasteiger partial charge in [0.1, 0.15) is 0 Å². The monoisotopic (exact) mass is 380 g/mol. The molecule has 144 valence electrons. The Balaban J connectivity index is 1.46. The third-order valence-corrected chi connectivity index (χ3v) is 6.98. The number of carbonyl (C=O) groups is 1. The number of nitrogens with zero attached hydrogens (tertiary/aromatic N) is 2. The quantitative estimate of drug-likeness (QED) is 0.735. The van der Waals surface area contributed by atoms with Gasteiger partial charge in [0, 0.05) is 38.8 Å². The summed E-state index contributed by atoms with van der Waals surface area (Å²) in [5.74, 6) is 0.00791. The molecule has 7 nitrogen and oxygen atoms in total. The van der Waals surface area contributed by atoms with Gasteiger partial charge in [-0.05, 0) is 38.4 Å². The standard InChI is InChI=1S/C18H28N4O3S/c1-15-4-6-17(7-5-15)26(24,25)22-11-9-21(10-12-22)14-18(23)20-13-16-3-2-8-19-16/h4-7,16,19H,2-3,8-14H2,1H3,(H,20,23). The molecule has 8 heteroatoms. The maximum absolute atomic E-state index is 12.7. The lowest BCUT2D eigenvalue weighted by atomic mass is 10.2. The first-order valence-corrected chi connectivity index (χ1v) is 10.7. The van der Waals surface area contributed by atoms with Crippen LogP contribution in [-0.4, -0.2) is 75.4 Å². The van der Waals surface area contributed by atoms with Crippen LogP contribution in [0.25, 0.3) is 0 Å². The number of amides is 1. The van der Waals surface area contributed by atoms with Crippen LogP contribution in [0.2, 0.25) is 0 Å². The highest BCUT2D eigenvalue weighted by atomic mass is 32.2. The van der Waals surface area contributed by atoms with Crippen molar-refractivity contribution in [3.63, 3.8) is 0 Å². The number of benzene rings is 1. The van der Waals surface area contributed by atoms with Crippen LogP contribution in [0.15, 0.2) is 29.2 Å². The van der Waals surface area contributed by atoms with Gasteiger partial charge in [0.05, 0.1) is 11.4 Å². The highest BCUT2D eigenvalue weighted by Crippen LogP contribution is 2.18. The maximum Gasteiger partial charge on any atom is 0.243 e. The van der Waals surface area contributed by atoms with E-state index in [2.05, 4.69) is 10.6 Å². The Labute approximate surface area is 155 Å². The predicted molar refractivity (Wildman–Crippen MR) is 100 cm³/mol. The summed E-state index contributed by atoms with van der Waals surface area (Å²) in [4.78, 5) is 14.4. The second-order valence-electron chi connectivity index (χ2n) is 7.09. The highest BCUT2D eigenvalue weighted by molar-refractivity contribution is 7.89. The van der Waals surface area contributed by atoms with Gasteiger partial charge in [-0.15, -0.1) is 0 Å². The number of rotatable bonds is 6. The van der Waals surface area contributed by atoms with Gasteiger partial charge in [0.25, 0.3) is 0 Å². The van der Waals surface area contributed by atoms with Gasteiger partial charge in [-0.3, -0.25) is 9.69 Å². The summed E-state index contributed by atoms with van der Waals surface area (Å²) < 4.78 is 26.9. The lowest BCUT2D eigenvalue weighted by Crippen LogP contribution is -2.51. The molecule has 0 aliphatic carbocycles. The molecule has 2 saturated heterocycles. The van der Waals surface area contributed by atoms with Crippen LogP contribution in [0.1, 0.15) is 18.4 Å². The van der Waals surface area contributed by atoms with E-state index in [1.54, 1.807) is 12.1 Å². The van der Waals surface area contributed by atoms with Crippen LogP contribution in [0.3, 0.4) is 0 Å². The molecule has 2 aliphatic heterocycles. The third-order valence-electron chi connectivity index (χ3n) is 5.07. The Morgan fingerprint density at radius 2 is 1.88 bits per heavy atom. The number of hydrogen-bond acceptors (Lipinski definition) is 5. The summed E-state index contributed by atoms with van der Waals surface area (Å²) in [6.45, 7) is 5.91.